The molecule has 0 aliphatic heterocycles. The lowest BCUT2D eigenvalue weighted by Gasteiger charge is -2.04. The van der Waals surface area contributed by atoms with E-state index in [0.717, 1.165) is 32.4 Å². The highest BCUT2D eigenvalue weighted by molar-refractivity contribution is 7.23. The molecule has 0 saturated heterocycles. The second-order valence-electron chi connectivity index (χ2n) is 19.7. The van der Waals surface area contributed by atoms with E-state index >= 15 is 0 Å². The van der Waals surface area contributed by atoms with Gasteiger partial charge in [-0.1, -0.05) is 232 Å². The van der Waals surface area contributed by atoms with E-state index in [1.54, 1.807) is 22.7 Å². The van der Waals surface area contributed by atoms with E-state index < -0.39 is 0 Å². The summed E-state index contributed by atoms with van der Waals surface area (Å²) in [5.74, 6) is 0.156. The predicted molar refractivity (Wildman–Crippen MR) is 298 cm³/mol. The average Bonchev–Trinajstić information content (AvgIpc) is 4.18. The molecule has 66 heavy (non-hydrogen) atoms. The van der Waals surface area contributed by atoms with Crippen LogP contribution >= 0.6 is 45.3 Å². The van der Waals surface area contributed by atoms with Crippen molar-refractivity contribution in [3.63, 3.8) is 0 Å². The van der Waals surface area contributed by atoms with Gasteiger partial charge >= 0.3 is 0 Å². The van der Waals surface area contributed by atoms with Crippen molar-refractivity contribution < 1.29 is 9.59 Å². The number of ketones is 2. The second kappa shape index (κ2) is 38.0. The van der Waals surface area contributed by atoms with Crippen LogP contribution in [0.3, 0.4) is 0 Å². The Morgan fingerprint density at radius 3 is 0.788 bits per heavy atom. The molecule has 0 N–H and O–H groups in total. The van der Waals surface area contributed by atoms with Gasteiger partial charge < -0.3 is 0 Å². The molecule has 0 unspecified atom stereocenters. The molecule has 0 fully saturated rings. The van der Waals surface area contributed by atoms with Gasteiger partial charge in [-0.15, -0.1) is 45.3 Å². The summed E-state index contributed by atoms with van der Waals surface area (Å²) in [5.41, 5.74) is 0. The zero-order valence-electron chi connectivity index (χ0n) is 42.4. The highest BCUT2D eigenvalue weighted by atomic mass is 32.1. The van der Waals surface area contributed by atoms with Crippen LogP contribution in [0.15, 0.2) is 48.5 Å². The van der Waals surface area contributed by atoms with E-state index in [1.807, 2.05) is 34.8 Å². The van der Waals surface area contributed by atoms with Crippen molar-refractivity contribution in [2.75, 3.05) is 0 Å². The molecule has 0 spiro atoms. The summed E-state index contributed by atoms with van der Waals surface area (Å²) in [6.45, 7) is 4.60. The highest BCUT2D eigenvalue weighted by Crippen LogP contribution is 2.37. The molecule has 2 nitrogen and oxygen atoms in total. The van der Waals surface area contributed by atoms with Gasteiger partial charge in [0.25, 0.3) is 0 Å². The predicted octanol–water partition coefficient (Wildman–Crippen LogP) is 22.3. The molecule has 0 atom stereocenters. The van der Waals surface area contributed by atoms with Crippen LogP contribution in [0.5, 0.6) is 0 Å². The number of Topliss-reactive ketones (excluding diaryl/α,β-unsaturated/α-hetero) is 2. The monoisotopic (exact) mass is 975 g/mol. The molecule has 0 amide bonds. The van der Waals surface area contributed by atoms with Crippen molar-refractivity contribution in [2.45, 2.75) is 271 Å². The van der Waals surface area contributed by atoms with Gasteiger partial charge in [0.05, 0.1) is 9.75 Å². The van der Waals surface area contributed by atoms with Crippen LogP contribution in [0.2, 0.25) is 0 Å². The molecule has 4 rings (SSSR count). The Kier molecular flexibility index (Phi) is 32.6. The third kappa shape index (κ3) is 25.7. The van der Waals surface area contributed by atoms with E-state index in [1.165, 1.54) is 251 Å². The minimum atomic E-state index is 0.0782. The Morgan fingerprint density at radius 1 is 0.288 bits per heavy atom. The molecule has 0 aliphatic rings. The fraction of sp³-hybridized carbons (Fsp3) is 0.700. The van der Waals surface area contributed by atoms with Gasteiger partial charge in [0.15, 0.2) is 11.6 Å². The number of carbonyl (C=O) groups is 2. The smallest absolute Gasteiger partial charge is 0.173 e. The summed E-state index contributed by atoms with van der Waals surface area (Å²) in [7, 11) is 0. The van der Waals surface area contributed by atoms with Crippen molar-refractivity contribution >= 4 is 56.9 Å². The summed E-state index contributed by atoms with van der Waals surface area (Å²) in [5, 5.41) is 0. The lowest BCUT2D eigenvalue weighted by Crippen LogP contribution is -2.02. The number of hydrogen-bond acceptors (Lipinski definition) is 6. The molecule has 4 heterocycles. The molecule has 0 saturated carbocycles. The first-order chi connectivity index (χ1) is 32.6. The summed E-state index contributed by atoms with van der Waals surface area (Å²) < 4.78 is 0. The minimum absolute atomic E-state index is 0.0782. The molecule has 4 aromatic heterocycles. The van der Waals surface area contributed by atoms with E-state index in [-0.39, 0.29) is 24.4 Å². The van der Waals surface area contributed by atoms with Crippen LogP contribution in [-0.2, 0) is 12.8 Å². The van der Waals surface area contributed by atoms with Crippen LogP contribution < -0.4 is 0 Å². The standard InChI is InChI=1S/C60H94O2S4/c1-3-5-7-9-11-13-15-17-19-21-23-25-27-29-31-33-35-37-39-51-41-45-57(63-51)59-49-47-55(65-59)53(61)43-44-54(62)56-48-50-60(66-56)58-46-42-52(64-58)40-38-36-34-32-30-28-26-24-22-20-18-16-14-12-10-8-6-4-2/h41-42,45-50H,3-40,43-44H2,1-2H3. The molecule has 370 valence electrons. The average molecular weight is 976 g/mol. The maximum atomic E-state index is 13.2. The number of carbonyl (C=O) groups excluding carboxylic acids is 2. The van der Waals surface area contributed by atoms with Crippen molar-refractivity contribution in [3.05, 3.63) is 68.0 Å². The maximum Gasteiger partial charge on any atom is 0.173 e. The van der Waals surface area contributed by atoms with Crippen LogP contribution in [0.25, 0.3) is 19.5 Å². The number of unbranched alkanes of at least 4 members (excludes halogenated alkanes) is 34. The van der Waals surface area contributed by atoms with Gasteiger partial charge in [-0.25, -0.2) is 0 Å². The molecular formula is C60H94O2S4. The SMILES string of the molecule is CCCCCCCCCCCCCCCCCCCCc1ccc(-c2ccc(C(=O)CCC(=O)c3ccc(-c4ccc(CCCCCCCCCCCCCCCCCCCC)s4)s3)s2)s1. The largest absolute Gasteiger partial charge is 0.293 e. The normalized spacial score (nSPS) is 11.6. The molecule has 0 radical (unpaired) electrons. The van der Waals surface area contributed by atoms with Gasteiger partial charge in [-0.05, 0) is 74.2 Å². The minimum Gasteiger partial charge on any atom is -0.293 e. The number of aryl methyl sites for hydroxylation is 2. The van der Waals surface area contributed by atoms with Gasteiger partial charge in [0.2, 0.25) is 0 Å². The Balaban J connectivity index is 0.979. The summed E-state index contributed by atoms with van der Waals surface area (Å²) in [4.78, 5) is 35.6. The molecule has 0 bridgehead atoms. The molecule has 0 aromatic carbocycles. The Morgan fingerprint density at radius 2 is 0.515 bits per heavy atom. The van der Waals surface area contributed by atoms with E-state index in [2.05, 4.69) is 50.2 Å². The van der Waals surface area contributed by atoms with Crippen molar-refractivity contribution in [1.82, 2.24) is 0 Å². The summed E-state index contributed by atoms with van der Waals surface area (Å²) in [6, 6.07) is 17.1. The van der Waals surface area contributed by atoms with E-state index in [9.17, 15) is 9.59 Å². The Bertz CT molecular complexity index is 1640. The summed E-state index contributed by atoms with van der Waals surface area (Å²) >= 11 is 6.91. The fourth-order valence-corrected chi connectivity index (χ4v) is 13.6. The molecule has 6 heteroatoms. The Hall–Kier alpha value is -1.86. The summed E-state index contributed by atoms with van der Waals surface area (Å²) in [6.07, 6.45) is 53.6. The van der Waals surface area contributed by atoms with Crippen LogP contribution in [0.4, 0.5) is 0 Å². The quantitative estimate of drug-likeness (QED) is 0.0327. The molecule has 4 aromatic rings. The first-order valence-electron chi connectivity index (χ1n) is 28.0. The van der Waals surface area contributed by atoms with E-state index in [0.29, 0.717) is 0 Å². The maximum absolute atomic E-state index is 13.2. The number of hydrogen-bond donors (Lipinski definition) is 0. The number of thiophene rings is 4. The van der Waals surface area contributed by atoms with Crippen molar-refractivity contribution in [1.29, 1.82) is 0 Å². The third-order valence-electron chi connectivity index (χ3n) is 13.7. The second-order valence-corrected chi connectivity index (χ2v) is 24.2. The van der Waals surface area contributed by atoms with Crippen molar-refractivity contribution in [3.8, 4) is 19.5 Å². The lowest BCUT2D eigenvalue weighted by atomic mass is 10.0. The first-order valence-corrected chi connectivity index (χ1v) is 31.3. The van der Waals surface area contributed by atoms with Crippen LogP contribution in [0, 0.1) is 0 Å². The van der Waals surface area contributed by atoms with Crippen molar-refractivity contribution in [2.24, 2.45) is 0 Å². The lowest BCUT2D eigenvalue weighted by molar-refractivity contribution is 0.0921. The van der Waals surface area contributed by atoms with Crippen LogP contribution in [-0.4, -0.2) is 11.6 Å². The van der Waals surface area contributed by atoms with Gasteiger partial charge in [0.1, 0.15) is 0 Å². The van der Waals surface area contributed by atoms with Gasteiger partial charge in [-0.3, -0.25) is 9.59 Å². The molecule has 0 aliphatic carbocycles. The van der Waals surface area contributed by atoms with Crippen LogP contribution in [0.1, 0.15) is 287 Å². The Labute approximate surface area is 422 Å². The highest BCUT2D eigenvalue weighted by Gasteiger charge is 2.17. The first kappa shape index (κ1) is 56.7. The topological polar surface area (TPSA) is 34.1 Å². The third-order valence-corrected chi connectivity index (χ3v) is 18.6. The van der Waals surface area contributed by atoms with Gasteiger partial charge in [-0.2, -0.15) is 0 Å². The zero-order valence-corrected chi connectivity index (χ0v) is 45.6. The molecular weight excluding hydrogens is 881 g/mol. The number of rotatable bonds is 45. The van der Waals surface area contributed by atoms with Gasteiger partial charge in [0, 0.05) is 42.1 Å². The zero-order chi connectivity index (χ0) is 46.5. The fourth-order valence-electron chi connectivity index (χ4n) is 9.40. The van der Waals surface area contributed by atoms with E-state index in [4.69, 9.17) is 0 Å².